The van der Waals surface area contributed by atoms with Crippen molar-refractivity contribution in [3.8, 4) is 0 Å². The van der Waals surface area contributed by atoms with Crippen molar-refractivity contribution in [1.29, 1.82) is 0 Å². The zero-order valence-corrected chi connectivity index (χ0v) is 17.8. The first-order valence-electron chi connectivity index (χ1n) is 10.7. The number of aryl methyl sites for hydroxylation is 1. The van der Waals surface area contributed by atoms with Crippen LogP contribution in [0.3, 0.4) is 0 Å². The van der Waals surface area contributed by atoms with Crippen LogP contribution < -0.4 is 0 Å². The highest BCUT2D eigenvalue weighted by atomic mass is 19.2. The number of hydrogen-bond acceptors (Lipinski definition) is 4. The molecule has 0 bridgehead atoms. The highest BCUT2D eigenvalue weighted by molar-refractivity contribution is 5.30. The number of hydrogen-bond donors (Lipinski definition) is 0. The zero-order chi connectivity index (χ0) is 21.6. The summed E-state index contributed by atoms with van der Waals surface area (Å²) in [7, 11) is 0. The fourth-order valence-electron chi connectivity index (χ4n) is 3.95. The second-order valence-corrected chi connectivity index (χ2v) is 7.97. The number of rotatable bonds is 8. The predicted octanol–water partition coefficient (Wildman–Crippen LogP) is 4.79. The summed E-state index contributed by atoms with van der Waals surface area (Å²) in [5.74, 6) is 0.245. The van der Waals surface area contributed by atoms with Crippen LogP contribution in [0.2, 0.25) is 0 Å². The van der Waals surface area contributed by atoms with Gasteiger partial charge in [0.25, 0.3) is 0 Å². The van der Waals surface area contributed by atoms with Crippen molar-refractivity contribution >= 4 is 0 Å². The molecule has 4 rings (SSSR count). The van der Waals surface area contributed by atoms with Crippen LogP contribution in [0.4, 0.5) is 8.78 Å². The maximum Gasteiger partial charge on any atom is 0.159 e. The lowest BCUT2D eigenvalue weighted by Gasteiger charge is -2.34. The Bertz CT molecular complexity index is 969. The van der Waals surface area contributed by atoms with E-state index in [2.05, 4.69) is 9.80 Å². The Morgan fingerprint density at radius 2 is 1.61 bits per heavy atom. The fourth-order valence-corrected chi connectivity index (χ4v) is 3.95. The third-order valence-corrected chi connectivity index (χ3v) is 5.68. The van der Waals surface area contributed by atoms with Gasteiger partial charge in [-0.2, -0.15) is 0 Å². The van der Waals surface area contributed by atoms with Crippen molar-refractivity contribution in [1.82, 2.24) is 9.80 Å². The van der Waals surface area contributed by atoms with Gasteiger partial charge in [0.15, 0.2) is 11.6 Å². The second-order valence-electron chi connectivity index (χ2n) is 7.97. The number of ether oxygens (including phenoxy) is 1. The van der Waals surface area contributed by atoms with Crippen molar-refractivity contribution in [2.75, 3.05) is 39.3 Å². The van der Waals surface area contributed by atoms with Crippen molar-refractivity contribution in [3.05, 3.63) is 94.9 Å². The van der Waals surface area contributed by atoms with Gasteiger partial charge in [-0.3, -0.25) is 9.80 Å². The van der Waals surface area contributed by atoms with Gasteiger partial charge < -0.3 is 9.15 Å². The van der Waals surface area contributed by atoms with Gasteiger partial charge in [0.05, 0.1) is 13.2 Å². The van der Waals surface area contributed by atoms with Crippen LogP contribution in [0.1, 0.15) is 28.8 Å². The summed E-state index contributed by atoms with van der Waals surface area (Å²) in [6, 6.07) is 17.7. The lowest BCUT2D eigenvalue weighted by molar-refractivity contribution is 0.0431. The molecule has 1 aliphatic rings. The molecule has 0 amide bonds. The van der Waals surface area contributed by atoms with Gasteiger partial charge in [0.2, 0.25) is 0 Å². The van der Waals surface area contributed by atoms with E-state index in [0.717, 1.165) is 62.4 Å². The average molecular weight is 427 g/mol. The van der Waals surface area contributed by atoms with Crippen LogP contribution >= 0.6 is 0 Å². The van der Waals surface area contributed by atoms with Crippen LogP contribution in [0.15, 0.2) is 65.1 Å². The Labute approximate surface area is 182 Å². The van der Waals surface area contributed by atoms with E-state index in [-0.39, 0.29) is 0 Å². The molecule has 2 heterocycles. The molecular weight excluding hydrogens is 398 g/mol. The number of nitrogens with zero attached hydrogens (tertiary/aromatic N) is 2. The molecule has 0 spiro atoms. The van der Waals surface area contributed by atoms with Gasteiger partial charge in [-0.25, -0.2) is 8.78 Å². The standard InChI is InChI=1S/C25H28F2N2O2/c1-19-7-9-22(31-19)18-29-13-11-28(12-14-29)15-16-30-25(20-5-3-2-4-6-20)21-8-10-23(26)24(27)17-21/h2-10,17,25H,11-16,18H2,1H3. The van der Waals surface area contributed by atoms with Crippen molar-refractivity contribution in [3.63, 3.8) is 0 Å². The Hall–Kier alpha value is -2.54. The number of furan rings is 1. The molecule has 3 aromatic rings. The van der Waals surface area contributed by atoms with E-state index in [9.17, 15) is 8.78 Å². The van der Waals surface area contributed by atoms with E-state index < -0.39 is 17.7 Å². The molecule has 1 aromatic heterocycles. The second kappa shape index (κ2) is 10.2. The van der Waals surface area contributed by atoms with Crippen molar-refractivity contribution in [2.24, 2.45) is 0 Å². The summed E-state index contributed by atoms with van der Waals surface area (Å²) in [5, 5.41) is 0. The molecule has 6 heteroatoms. The summed E-state index contributed by atoms with van der Waals surface area (Å²) in [6.45, 7) is 7.98. The van der Waals surface area contributed by atoms with Crippen LogP contribution in [0, 0.1) is 18.6 Å². The summed E-state index contributed by atoms with van der Waals surface area (Å²) >= 11 is 0. The van der Waals surface area contributed by atoms with E-state index >= 15 is 0 Å². The smallest absolute Gasteiger partial charge is 0.159 e. The molecule has 4 nitrogen and oxygen atoms in total. The topological polar surface area (TPSA) is 28.9 Å². The Balaban J connectivity index is 1.30. The molecule has 164 valence electrons. The molecule has 0 aliphatic carbocycles. The van der Waals surface area contributed by atoms with Crippen LogP contribution in [-0.2, 0) is 11.3 Å². The van der Waals surface area contributed by atoms with E-state index in [4.69, 9.17) is 9.15 Å². The van der Waals surface area contributed by atoms with E-state index in [1.807, 2.05) is 49.4 Å². The number of piperazine rings is 1. The van der Waals surface area contributed by atoms with E-state index in [1.54, 1.807) is 6.07 Å². The number of benzene rings is 2. The van der Waals surface area contributed by atoms with Crippen LogP contribution in [0.25, 0.3) is 0 Å². The molecule has 1 aliphatic heterocycles. The molecule has 1 fully saturated rings. The zero-order valence-electron chi connectivity index (χ0n) is 17.8. The van der Waals surface area contributed by atoms with Crippen LogP contribution in [0.5, 0.6) is 0 Å². The molecular formula is C25H28F2N2O2. The average Bonchev–Trinajstić information content (AvgIpc) is 3.19. The highest BCUT2D eigenvalue weighted by Gasteiger charge is 2.20. The van der Waals surface area contributed by atoms with Gasteiger partial charge in [0.1, 0.15) is 17.6 Å². The predicted molar refractivity (Wildman–Crippen MR) is 116 cm³/mol. The first-order valence-corrected chi connectivity index (χ1v) is 10.7. The monoisotopic (exact) mass is 426 g/mol. The minimum Gasteiger partial charge on any atom is -0.465 e. The molecule has 1 saturated heterocycles. The molecule has 1 atom stereocenters. The quantitative estimate of drug-likeness (QED) is 0.518. The molecule has 0 N–H and O–H groups in total. The van der Waals surface area contributed by atoms with Gasteiger partial charge in [0, 0.05) is 32.7 Å². The summed E-state index contributed by atoms with van der Waals surface area (Å²) in [4.78, 5) is 4.76. The summed E-state index contributed by atoms with van der Waals surface area (Å²) in [6.07, 6.45) is -0.431. The van der Waals surface area contributed by atoms with Crippen molar-refractivity contribution < 1.29 is 17.9 Å². The van der Waals surface area contributed by atoms with Gasteiger partial charge in [-0.1, -0.05) is 36.4 Å². The molecule has 0 saturated carbocycles. The maximum absolute atomic E-state index is 13.8. The number of halogens is 2. The first-order chi connectivity index (χ1) is 15.1. The molecule has 1 unspecified atom stereocenters. The van der Waals surface area contributed by atoms with Gasteiger partial charge in [-0.05, 0) is 42.3 Å². The summed E-state index contributed by atoms with van der Waals surface area (Å²) < 4.78 is 39.1. The minimum atomic E-state index is -0.857. The largest absolute Gasteiger partial charge is 0.465 e. The normalized spacial score (nSPS) is 16.5. The lowest BCUT2D eigenvalue weighted by atomic mass is 10.0. The maximum atomic E-state index is 13.8. The Kier molecular flexibility index (Phi) is 7.12. The van der Waals surface area contributed by atoms with Gasteiger partial charge in [-0.15, -0.1) is 0 Å². The van der Waals surface area contributed by atoms with E-state index in [0.29, 0.717) is 12.2 Å². The first kappa shape index (κ1) is 21.7. The highest BCUT2D eigenvalue weighted by Crippen LogP contribution is 2.27. The van der Waals surface area contributed by atoms with E-state index in [1.165, 1.54) is 6.07 Å². The molecule has 31 heavy (non-hydrogen) atoms. The summed E-state index contributed by atoms with van der Waals surface area (Å²) in [5.41, 5.74) is 1.54. The SMILES string of the molecule is Cc1ccc(CN2CCN(CCOC(c3ccccc3)c3ccc(F)c(F)c3)CC2)o1. The lowest BCUT2D eigenvalue weighted by Crippen LogP contribution is -2.46. The molecule has 2 aromatic carbocycles. The van der Waals surface area contributed by atoms with Crippen molar-refractivity contribution in [2.45, 2.75) is 19.6 Å². The van der Waals surface area contributed by atoms with Gasteiger partial charge >= 0.3 is 0 Å². The fraction of sp³-hybridized carbons (Fsp3) is 0.360. The Morgan fingerprint density at radius 1 is 0.871 bits per heavy atom. The molecule has 0 radical (unpaired) electrons. The third kappa shape index (κ3) is 5.79. The minimum absolute atomic E-state index is 0.431. The Morgan fingerprint density at radius 3 is 2.29 bits per heavy atom. The third-order valence-electron chi connectivity index (χ3n) is 5.68. The van der Waals surface area contributed by atoms with Crippen LogP contribution in [-0.4, -0.2) is 49.1 Å².